The molecule has 130 valence electrons. The fraction of sp³-hybridized carbons (Fsp3) is 0.579. The van der Waals surface area contributed by atoms with E-state index in [0.29, 0.717) is 19.3 Å². The fourth-order valence-electron chi connectivity index (χ4n) is 3.54. The minimum Gasteiger partial charge on any atom is -0.490 e. The second kappa shape index (κ2) is 7.69. The van der Waals surface area contributed by atoms with Gasteiger partial charge in [0, 0.05) is 24.1 Å². The third-order valence-electron chi connectivity index (χ3n) is 4.94. The first-order chi connectivity index (χ1) is 11.6. The normalized spacial score (nSPS) is 24.5. The van der Waals surface area contributed by atoms with E-state index in [1.807, 2.05) is 31.2 Å². The van der Waals surface area contributed by atoms with Crippen molar-refractivity contribution in [2.45, 2.75) is 70.1 Å². The van der Waals surface area contributed by atoms with E-state index in [0.717, 1.165) is 24.2 Å². The second-order valence-corrected chi connectivity index (χ2v) is 6.88. The van der Waals surface area contributed by atoms with Gasteiger partial charge in [-0.1, -0.05) is 18.2 Å². The number of benzene rings is 1. The number of nitrogens with one attached hydrogen (secondary N) is 2. The number of piperidine rings is 1. The lowest BCUT2D eigenvalue weighted by atomic mass is 9.99. The Kier molecular flexibility index (Phi) is 5.38. The van der Waals surface area contributed by atoms with Crippen molar-refractivity contribution in [1.82, 2.24) is 10.6 Å². The number of rotatable bonds is 5. The first-order valence-electron chi connectivity index (χ1n) is 8.95. The van der Waals surface area contributed by atoms with Crippen LogP contribution in [-0.2, 0) is 16.0 Å². The Hall–Kier alpha value is -2.04. The molecule has 2 N–H and O–H groups in total. The van der Waals surface area contributed by atoms with Crippen molar-refractivity contribution in [3.05, 3.63) is 29.8 Å². The highest BCUT2D eigenvalue weighted by atomic mass is 16.5. The third kappa shape index (κ3) is 4.28. The van der Waals surface area contributed by atoms with Gasteiger partial charge in [-0.2, -0.15) is 0 Å². The highest BCUT2D eigenvalue weighted by Crippen LogP contribution is 2.27. The van der Waals surface area contributed by atoms with E-state index in [-0.39, 0.29) is 30.0 Å². The van der Waals surface area contributed by atoms with Crippen LogP contribution in [0, 0.1) is 0 Å². The zero-order valence-corrected chi connectivity index (χ0v) is 14.2. The van der Waals surface area contributed by atoms with Gasteiger partial charge in [0.15, 0.2) is 0 Å². The summed E-state index contributed by atoms with van der Waals surface area (Å²) >= 11 is 0. The lowest BCUT2D eigenvalue weighted by molar-refractivity contribution is -0.126. The van der Waals surface area contributed by atoms with Gasteiger partial charge in [0.25, 0.3) is 0 Å². The molecule has 1 aliphatic heterocycles. The van der Waals surface area contributed by atoms with Crippen LogP contribution in [0.4, 0.5) is 0 Å². The highest BCUT2D eigenvalue weighted by molar-refractivity contribution is 5.81. The summed E-state index contributed by atoms with van der Waals surface area (Å²) in [6.07, 6.45) is 6.38. The SMILES string of the molecule is CC1NC(=O)CCC1NC(=O)Cc1ccccc1OC1CCCC1. The van der Waals surface area contributed by atoms with Crippen LogP contribution in [0.2, 0.25) is 0 Å². The van der Waals surface area contributed by atoms with E-state index in [1.54, 1.807) is 0 Å². The predicted octanol–water partition coefficient (Wildman–Crippen LogP) is 2.33. The quantitative estimate of drug-likeness (QED) is 0.871. The molecule has 2 amide bonds. The fourth-order valence-corrected chi connectivity index (χ4v) is 3.54. The monoisotopic (exact) mass is 330 g/mol. The average Bonchev–Trinajstić information content (AvgIpc) is 3.05. The lowest BCUT2D eigenvalue weighted by Gasteiger charge is -2.30. The van der Waals surface area contributed by atoms with E-state index in [4.69, 9.17) is 4.74 Å². The molecule has 1 heterocycles. The van der Waals surface area contributed by atoms with Crippen molar-refractivity contribution in [2.24, 2.45) is 0 Å². The Labute approximate surface area is 143 Å². The third-order valence-corrected chi connectivity index (χ3v) is 4.94. The van der Waals surface area contributed by atoms with Crippen molar-refractivity contribution < 1.29 is 14.3 Å². The minimum absolute atomic E-state index is 0.00175. The maximum Gasteiger partial charge on any atom is 0.224 e. The molecule has 5 nitrogen and oxygen atoms in total. The Morgan fingerprint density at radius 2 is 2.00 bits per heavy atom. The molecule has 2 atom stereocenters. The van der Waals surface area contributed by atoms with Gasteiger partial charge in [-0.25, -0.2) is 0 Å². The summed E-state index contributed by atoms with van der Waals surface area (Å²) in [6.45, 7) is 1.93. The average molecular weight is 330 g/mol. The van der Waals surface area contributed by atoms with Crippen LogP contribution in [0.25, 0.3) is 0 Å². The Balaban J connectivity index is 1.58. The van der Waals surface area contributed by atoms with Crippen molar-refractivity contribution in [2.75, 3.05) is 0 Å². The Morgan fingerprint density at radius 3 is 2.75 bits per heavy atom. The van der Waals surface area contributed by atoms with Gasteiger partial charge in [-0.15, -0.1) is 0 Å². The molecule has 24 heavy (non-hydrogen) atoms. The van der Waals surface area contributed by atoms with E-state index < -0.39 is 0 Å². The molecule has 0 aromatic heterocycles. The molecular weight excluding hydrogens is 304 g/mol. The zero-order valence-electron chi connectivity index (χ0n) is 14.2. The number of hydrogen-bond donors (Lipinski definition) is 2. The molecule has 1 aromatic carbocycles. The Bertz CT molecular complexity index is 596. The molecule has 5 heteroatoms. The first kappa shape index (κ1) is 16.8. The highest BCUT2D eigenvalue weighted by Gasteiger charge is 2.26. The molecule has 1 aliphatic carbocycles. The smallest absolute Gasteiger partial charge is 0.224 e. The summed E-state index contributed by atoms with van der Waals surface area (Å²) < 4.78 is 6.10. The number of hydrogen-bond acceptors (Lipinski definition) is 3. The molecule has 0 spiro atoms. The summed E-state index contributed by atoms with van der Waals surface area (Å²) in [5.41, 5.74) is 0.925. The summed E-state index contributed by atoms with van der Waals surface area (Å²) in [4.78, 5) is 23.8. The number of carbonyl (C=O) groups excluding carboxylic acids is 2. The zero-order chi connectivity index (χ0) is 16.9. The molecule has 2 unspecified atom stereocenters. The molecular formula is C19H26N2O3. The van der Waals surface area contributed by atoms with Gasteiger partial charge in [-0.3, -0.25) is 9.59 Å². The molecule has 0 bridgehead atoms. The molecule has 2 aliphatic rings. The van der Waals surface area contributed by atoms with Crippen LogP contribution in [0.5, 0.6) is 5.75 Å². The van der Waals surface area contributed by atoms with Crippen molar-refractivity contribution in [3.8, 4) is 5.75 Å². The molecule has 1 saturated heterocycles. The van der Waals surface area contributed by atoms with E-state index >= 15 is 0 Å². The first-order valence-corrected chi connectivity index (χ1v) is 8.95. The van der Waals surface area contributed by atoms with E-state index in [1.165, 1.54) is 12.8 Å². The number of para-hydroxylation sites is 1. The number of amides is 2. The lowest BCUT2D eigenvalue weighted by Crippen LogP contribution is -2.54. The molecule has 0 radical (unpaired) electrons. The number of carbonyl (C=O) groups is 2. The molecule has 2 fully saturated rings. The van der Waals surface area contributed by atoms with Gasteiger partial charge in [0.05, 0.1) is 12.5 Å². The van der Waals surface area contributed by atoms with Crippen LogP contribution >= 0.6 is 0 Å². The molecule has 1 saturated carbocycles. The summed E-state index contributed by atoms with van der Waals surface area (Å²) in [6, 6.07) is 7.76. The topological polar surface area (TPSA) is 67.4 Å². The summed E-state index contributed by atoms with van der Waals surface area (Å²) in [7, 11) is 0. The van der Waals surface area contributed by atoms with Crippen LogP contribution in [0.1, 0.15) is 51.0 Å². The van der Waals surface area contributed by atoms with Crippen molar-refractivity contribution in [3.63, 3.8) is 0 Å². The van der Waals surface area contributed by atoms with Gasteiger partial charge < -0.3 is 15.4 Å². The molecule has 3 rings (SSSR count). The predicted molar refractivity (Wildman–Crippen MR) is 91.8 cm³/mol. The van der Waals surface area contributed by atoms with Gasteiger partial charge in [-0.05, 0) is 45.1 Å². The van der Waals surface area contributed by atoms with E-state index in [9.17, 15) is 9.59 Å². The largest absolute Gasteiger partial charge is 0.490 e. The van der Waals surface area contributed by atoms with Gasteiger partial charge >= 0.3 is 0 Å². The minimum atomic E-state index is -0.0276. The van der Waals surface area contributed by atoms with Gasteiger partial charge in [0.2, 0.25) is 11.8 Å². The summed E-state index contributed by atoms with van der Waals surface area (Å²) in [5, 5.41) is 5.93. The van der Waals surface area contributed by atoms with Crippen molar-refractivity contribution >= 4 is 11.8 Å². The van der Waals surface area contributed by atoms with Crippen molar-refractivity contribution in [1.29, 1.82) is 0 Å². The van der Waals surface area contributed by atoms with Crippen LogP contribution in [0.15, 0.2) is 24.3 Å². The standard InChI is InChI=1S/C19H26N2O3/c1-13-16(10-11-18(22)20-13)21-19(23)12-14-6-2-5-9-17(14)24-15-7-3-4-8-15/h2,5-6,9,13,15-16H,3-4,7-8,10-12H2,1H3,(H,20,22)(H,21,23). The maximum atomic E-state index is 12.4. The van der Waals surface area contributed by atoms with E-state index in [2.05, 4.69) is 10.6 Å². The number of ether oxygens (including phenoxy) is 1. The molecule has 1 aromatic rings. The Morgan fingerprint density at radius 1 is 1.25 bits per heavy atom. The van der Waals surface area contributed by atoms with Crippen LogP contribution in [-0.4, -0.2) is 30.0 Å². The summed E-state index contributed by atoms with van der Waals surface area (Å²) in [5.74, 6) is 0.860. The van der Waals surface area contributed by atoms with Crippen LogP contribution < -0.4 is 15.4 Å². The van der Waals surface area contributed by atoms with Crippen LogP contribution in [0.3, 0.4) is 0 Å². The maximum absolute atomic E-state index is 12.4. The van der Waals surface area contributed by atoms with Gasteiger partial charge in [0.1, 0.15) is 5.75 Å². The second-order valence-electron chi connectivity index (χ2n) is 6.88.